The van der Waals surface area contributed by atoms with E-state index in [9.17, 15) is 4.79 Å². The molecule has 1 aromatic rings. The molecule has 1 aliphatic rings. The number of nitrogens with one attached hydrogen (secondary N) is 1. The first-order valence-electron chi connectivity index (χ1n) is 5.84. The summed E-state index contributed by atoms with van der Waals surface area (Å²) in [6.45, 7) is 1.03. The Hall–Kier alpha value is -1.51. The van der Waals surface area contributed by atoms with Crippen molar-refractivity contribution >= 4 is 23.4 Å². The van der Waals surface area contributed by atoms with E-state index in [1.54, 1.807) is 16.7 Å². The standard InChI is InChI=1S/C13H15N3OS/c1-15-6-4-10-2-3-12-11(8-10)16(7-5-14)13(17)9-18-12/h2-3,8,15H,4,6-7,9H2,1H3. The van der Waals surface area contributed by atoms with Crippen LogP contribution in [0.25, 0.3) is 0 Å². The van der Waals surface area contributed by atoms with Gasteiger partial charge in [-0.05, 0) is 37.7 Å². The first kappa shape index (κ1) is 12.9. The van der Waals surface area contributed by atoms with Gasteiger partial charge in [-0.25, -0.2) is 0 Å². The molecule has 0 spiro atoms. The summed E-state index contributed by atoms with van der Waals surface area (Å²) in [5.41, 5.74) is 2.06. The Balaban J connectivity index is 2.30. The summed E-state index contributed by atoms with van der Waals surface area (Å²) < 4.78 is 0. The van der Waals surface area contributed by atoms with Crippen molar-refractivity contribution in [3.63, 3.8) is 0 Å². The van der Waals surface area contributed by atoms with E-state index in [2.05, 4.69) is 17.5 Å². The van der Waals surface area contributed by atoms with Crippen LogP contribution < -0.4 is 10.2 Å². The molecule has 5 heteroatoms. The van der Waals surface area contributed by atoms with Crippen molar-refractivity contribution in [2.75, 3.05) is 30.8 Å². The number of rotatable bonds is 4. The molecule has 1 heterocycles. The zero-order chi connectivity index (χ0) is 13.0. The van der Waals surface area contributed by atoms with Crippen molar-refractivity contribution in [3.8, 4) is 6.07 Å². The molecule has 0 radical (unpaired) electrons. The van der Waals surface area contributed by atoms with Gasteiger partial charge in [0.1, 0.15) is 6.54 Å². The Labute approximate surface area is 111 Å². The normalized spacial score (nSPS) is 14.2. The lowest BCUT2D eigenvalue weighted by atomic mass is 10.1. The van der Waals surface area contributed by atoms with Gasteiger partial charge in [-0.3, -0.25) is 9.69 Å². The van der Waals surface area contributed by atoms with Crippen LogP contribution >= 0.6 is 11.8 Å². The van der Waals surface area contributed by atoms with Gasteiger partial charge in [0.2, 0.25) is 5.91 Å². The number of carbonyl (C=O) groups is 1. The van der Waals surface area contributed by atoms with E-state index in [1.807, 2.05) is 19.2 Å². The second kappa shape index (κ2) is 5.89. The average molecular weight is 261 g/mol. The smallest absolute Gasteiger partial charge is 0.238 e. The van der Waals surface area contributed by atoms with Gasteiger partial charge in [0.25, 0.3) is 0 Å². The number of hydrogen-bond acceptors (Lipinski definition) is 4. The van der Waals surface area contributed by atoms with E-state index >= 15 is 0 Å². The van der Waals surface area contributed by atoms with Crippen molar-refractivity contribution in [1.82, 2.24) is 5.32 Å². The van der Waals surface area contributed by atoms with Crippen LogP contribution in [0, 0.1) is 11.3 Å². The third-order valence-corrected chi connectivity index (χ3v) is 3.91. The Morgan fingerprint density at radius 1 is 1.56 bits per heavy atom. The lowest BCUT2D eigenvalue weighted by molar-refractivity contribution is -0.116. The first-order valence-corrected chi connectivity index (χ1v) is 6.82. The number of carbonyl (C=O) groups excluding carboxylic acids is 1. The molecule has 2 rings (SSSR count). The van der Waals surface area contributed by atoms with Gasteiger partial charge in [-0.15, -0.1) is 11.8 Å². The number of likely N-dealkylation sites (N-methyl/N-ethyl adjacent to an activating group) is 1. The largest absolute Gasteiger partial charge is 0.319 e. The lowest BCUT2D eigenvalue weighted by Gasteiger charge is -2.27. The van der Waals surface area contributed by atoms with Gasteiger partial charge in [-0.1, -0.05) is 6.07 Å². The highest BCUT2D eigenvalue weighted by Gasteiger charge is 2.24. The molecule has 1 aliphatic heterocycles. The molecule has 0 aromatic heterocycles. The molecule has 0 aliphatic carbocycles. The molecule has 0 saturated carbocycles. The molecule has 18 heavy (non-hydrogen) atoms. The third kappa shape index (κ3) is 2.66. The Kier molecular flexibility index (Phi) is 4.24. The molecule has 1 amide bonds. The Bertz CT molecular complexity index is 495. The van der Waals surface area contributed by atoms with Crippen LogP contribution in [0.1, 0.15) is 5.56 Å². The molecule has 1 N–H and O–H groups in total. The van der Waals surface area contributed by atoms with E-state index in [0.717, 1.165) is 23.5 Å². The second-order valence-electron chi connectivity index (χ2n) is 4.08. The molecular formula is C13H15N3OS. The quantitative estimate of drug-likeness (QED) is 0.833. The summed E-state index contributed by atoms with van der Waals surface area (Å²) in [6, 6.07) is 8.21. The summed E-state index contributed by atoms with van der Waals surface area (Å²) >= 11 is 1.54. The highest BCUT2D eigenvalue weighted by atomic mass is 32.2. The number of anilines is 1. The van der Waals surface area contributed by atoms with Crippen LogP contribution in [0.15, 0.2) is 23.1 Å². The number of nitrogens with zero attached hydrogens (tertiary/aromatic N) is 2. The summed E-state index contributed by atoms with van der Waals surface area (Å²) in [5, 5.41) is 11.9. The van der Waals surface area contributed by atoms with Crippen molar-refractivity contribution < 1.29 is 4.79 Å². The molecule has 1 aromatic carbocycles. The Morgan fingerprint density at radius 2 is 2.39 bits per heavy atom. The van der Waals surface area contributed by atoms with E-state index in [4.69, 9.17) is 5.26 Å². The number of hydrogen-bond donors (Lipinski definition) is 1. The van der Waals surface area contributed by atoms with E-state index in [0.29, 0.717) is 5.75 Å². The van der Waals surface area contributed by atoms with Crippen LogP contribution in [0.4, 0.5) is 5.69 Å². The van der Waals surface area contributed by atoms with Crippen molar-refractivity contribution in [3.05, 3.63) is 23.8 Å². The molecule has 0 saturated heterocycles. The van der Waals surface area contributed by atoms with Crippen LogP contribution in [0.2, 0.25) is 0 Å². The molecule has 4 nitrogen and oxygen atoms in total. The predicted molar refractivity (Wildman–Crippen MR) is 72.8 cm³/mol. The fourth-order valence-corrected chi connectivity index (χ4v) is 2.83. The number of nitriles is 1. The third-order valence-electron chi connectivity index (χ3n) is 2.86. The zero-order valence-corrected chi connectivity index (χ0v) is 11.1. The first-order chi connectivity index (χ1) is 8.76. The monoisotopic (exact) mass is 261 g/mol. The van der Waals surface area contributed by atoms with Crippen LogP contribution in [0.5, 0.6) is 0 Å². The fraction of sp³-hybridized carbons (Fsp3) is 0.385. The van der Waals surface area contributed by atoms with Gasteiger partial charge in [0.05, 0.1) is 17.5 Å². The maximum atomic E-state index is 11.8. The average Bonchev–Trinajstić information content (AvgIpc) is 2.39. The van der Waals surface area contributed by atoms with E-state index in [-0.39, 0.29) is 12.5 Å². The van der Waals surface area contributed by atoms with Crippen LogP contribution in [-0.2, 0) is 11.2 Å². The minimum absolute atomic E-state index is 0.0137. The second-order valence-corrected chi connectivity index (χ2v) is 5.10. The SMILES string of the molecule is CNCCc1ccc2c(c1)N(CC#N)C(=O)CS2. The molecule has 0 atom stereocenters. The van der Waals surface area contributed by atoms with E-state index < -0.39 is 0 Å². The molecule has 0 fully saturated rings. The number of benzene rings is 1. The van der Waals surface area contributed by atoms with Gasteiger partial charge < -0.3 is 5.32 Å². The lowest BCUT2D eigenvalue weighted by Crippen LogP contribution is -2.35. The fourth-order valence-electron chi connectivity index (χ4n) is 1.92. The Morgan fingerprint density at radius 3 is 3.11 bits per heavy atom. The zero-order valence-electron chi connectivity index (χ0n) is 10.3. The molecule has 0 bridgehead atoms. The topological polar surface area (TPSA) is 56.1 Å². The maximum absolute atomic E-state index is 11.8. The van der Waals surface area contributed by atoms with E-state index in [1.165, 1.54) is 5.56 Å². The van der Waals surface area contributed by atoms with Gasteiger partial charge in [0, 0.05) is 4.90 Å². The highest BCUT2D eigenvalue weighted by molar-refractivity contribution is 8.00. The number of amides is 1. The van der Waals surface area contributed by atoms with Crippen LogP contribution in [0.3, 0.4) is 0 Å². The summed E-state index contributed by atoms with van der Waals surface area (Å²) in [6.07, 6.45) is 0.920. The van der Waals surface area contributed by atoms with Gasteiger partial charge in [0.15, 0.2) is 0 Å². The van der Waals surface area contributed by atoms with Crippen molar-refractivity contribution in [2.24, 2.45) is 0 Å². The molecule has 94 valence electrons. The summed E-state index contributed by atoms with van der Waals surface area (Å²) in [5.74, 6) is 0.435. The number of fused-ring (bicyclic) bond motifs is 1. The van der Waals surface area contributed by atoms with Gasteiger partial charge >= 0.3 is 0 Å². The highest BCUT2D eigenvalue weighted by Crippen LogP contribution is 2.35. The van der Waals surface area contributed by atoms with Gasteiger partial charge in [-0.2, -0.15) is 5.26 Å². The minimum atomic E-state index is 0.0137. The minimum Gasteiger partial charge on any atom is -0.319 e. The maximum Gasteiger partial charge on any atom is 0.238 e. The number of thioether (sulfide) groups is 1. The van der Waals surface area contributed by atoms with Crippen molar-refractivity contribution in [2.45, 2.75) is 11.3 Å². The van der Waals surface area contributed by atoms with Crippen molar-refractivity contribution in [1.29, 1.82) is 5.26 Å². The molecule has 0 unspecified atom stereocenters. The summed E-state index contributed by atoms with van der Waals surface area (Å²) in [7, 11) is 1.92. The predicted octanol–water partition coefficient (Wildman–Crippen LogP) is 1.41. The summed E-state index contributed by atoms with van der Waals surface area (Å²) in [4.78, 5) is 14.5. The molecular weight excluding hydrogens is 246 g/mol. The van der Waals surface area contributed by atoms with Crippen LogP contribution in [-0.4, -0.2) is 31.8 Å².